The second kappa shape index (κ2) is 7.17. The molecule has 1 aromatic carbocycles. The van der Waals surface area contributed by atoms with Crippen molar-refractivity contribution in [3.05, 3.63) is 24.4 Å². The monoisotopic (exact) mass is 355 g/mol. The van der Waals surface area contributed by atoms with Crippen LogP contribution in [-0.2, 0) is 21.4 Å². The highest BCUT2D eigenvalue weighted by Gasteiger charge is 2.12. The van der Waals surface area contributed by atoms with E-state index in [1.54, 1.807) is 18.2 Å². The molecule has 0 bridgehead atoms. The maximum atomic E-state index is 12.1. The van der Waals surface area contributed by atoms with Gasteiger partial charge in [0.25, 0.3) is 0 Å². The standard InChI is InChI=1S/C13H17N5O5S/c1-22-9-4-5-11(23-2)10(6-9)15-13(19)8-18-14-7-12(16-18)17-24(3,20)21/h4-7H,8H2,1-3H3,(H,15,19)(H,16,17). The highest BCUT2D eigenvalue weighted by Crippen LogP contribution is 2.28. The highest BCUT2D eigenvalue weighted by atomic mass is 32.2. The van der Waals surface area contributed by atoms with Gasteiger partial charge in [0.2, 0.25) is 15.9 Å². The molecule has 2 aromatic rings. The van der Waals surface area contributed by atoms with E-state index in [1.807, 2.05) is 0 Å². The van der Waals surface area contributed by atoms with Gasteiger partial charge in [0.1, 0.15) is 18.0 Å². The summed E-state index contributed by atoms with van der Waals surface area (Å²) in [7, 11) is -0.461. The maximum absolute atomic E-state index is 12.1. The number of methoxy groups -OCH3 is 2. The quantitative estimate of drug-likeness (QED) is 0.732. The van der Waals surface area contributed by atoms with E-state index in [-0.39, 0.29) is 12.4 Å². The van der Waals surface area contributed by atoms with Crippen LogP contribution in [0.3, 0.4) is 0 Å². The highest BCUT2D eigenvalue weighted by molar-refractivity contribution is 7.92. The van der Waals surface area contributed by atoms with Gasteiger partial charge in [0, 0.05) is 6.07 Å². The fourth-order valence-corrected chi connectivity index (χ4v) is 2.31. The summed E-state index contributed by atoms with van der Waals surface area (Å²) in [4.78, 5) is 13.2. The van der Waals surface area contributed by atoms with Crippen LogP contribution in [0.5, 0.6) is 11.5 Å². The molecule has 0 saturated heterocycles. The van der Waals surface area contributed by atoms with Crippen LogP contribution >= 0.6 is 0 Å². The third-order valence-corrected chi connectivity index (χ3v) is 3.37. The predicted octanol–water partition coefficient (Wildman–Crippen LogP) is 0.305. The summed E-state index contributed by atoms with van der Waals surface area (Å²) in [5, 5.41) is 10.3. The van der Waals surface area contributed by atoms with E-state index in [2.05, 4.69) is 20.2 Å². The summed E-state index contributed by atoms with van der Waals surface area (Å²) in [6.07, 6.45) is 2.20. The van der Waals surface area contributed by atoms with Gasteiger partial charge in [-0.15, -0.1) is 5.10 Å². The zero-order valence-corrected chi connectivity index (χ0v) is 14.1. The van der Waals surface area contributed by atoms with Crippen molar-refractivity contribution in [3.63, 3.8) is 0 Å². The summed E-state index contributed by atoms with van der Waals surface area (Å²) in [5.74, 6) is 0.646. The number of sulfonamides is 1. The second-order valence-electron chi connectivity index (χ2n) is 4.75. The third kappa shape index (κ3) is 4.84. The lowest BCUT2D eigenvalue weighted by Crippen LogP contribution is -2.21. The van der Waals surface area contributed by atoms with Gasteiger partial charge in [-0.05, 0) is 12.1 Å². The zero-order chi connectivity index (χ0) is 17.7. The maximum Gasteiger partial charge on any atom is 0.248 e. The molecule has 130 valence electrons. The van der Waals surface area contributed by atoms with Crippen molar-refractivity contribution in [3.8, 4) is 11.5 Å². The molecule has 11 heteroatoms. The van der Waals surface area contributed by atoms with E-state index >= 15 is 0 Å². The van der Waals surface area contributed by atoms with Crippen molar-refractivity contribution in [2.45, 2.75) is 6.54 Å². The van der Waals surface area contributed by atoms with Crippen LogP contribution < -0.4 is 19.5 Å². The first kappa shape index (κ1) is 17.5. The lowest BCUT2D eigenvalue weighted by atomic mass is 10.2. The number of ether oxygens (including phenoxy) is 2. The van der Waals surface area contributed by atoms with E-state index in [0.29, 0.717) is 17.2 Å². The van der Waals surface area contributed by atoms with Crippen LogP contribution in [0, 0.1) is 0 Å². The average Bonchev–Trinajstić information content (AvgIpc) is 2.91. The Morgan fingerprint density at radius 2 is 2.04 bits per heavy atom. The van der Waals surface area contributed by atoms with Gasteiger partial charge in [-0.3, -0.25) is 9.52 Å². The van der Waals surface area contributed by atoms with Crippen LogP contribution in [0.1, 0.15) is 0 Å². The Morgan fingerprint density at radius 3 is 2.67 bits per heavy atom. The molecule has 0 aliphatic heterocycles. The molecule has 1 heterocycles. The van der Waals surface area contributed by atoms with E-state index < -0.39 is 15.9 Å². The van der Waals surface area contributed by atoms with Crippen molar-refractivity contribution in [2.75, 3.05) is 30.5 Å². The first-order valence-corrected chi connectivity index (χ1v) is 8.59. The lowest BCUT2D eigenvalue weighted by Gasteiger charge is -2.11. The summed E-state index contributed by atoms with van der Waals surface area (Å²) in [5.41, 5.74) is 0.434. The Hall–Kier alpha value is -2.82. The molecule has 0 atom stereocenters. The molecular formula is C13H17N5O5S. The molecule has 1 aromatic heterocycles. The molecule has 10 nitrogen and oxygen atoms in total. The van der Waals surface area contributed by atoms with E-state index in [1.165, 1.54) is 20.4 Å². The Kier molecular flexibility index (Phi) is 5.24. The first-order valence-electron chi connectivity index (χ1n) is 6.70. The normalized spacial score (nSPS) is 11.0. The molecule has 0 spiro atoms. The molecule has 0 fully saturated rings. The van der Waals surface area contributed by atoms with Gasteiger partial charge in [-0.25, -0.2) is 8.42 Å². The number of rotatable bonds is 7. The minimum absolute atomic E-state index is 0.0317. The van der Waals surface area contributed by atoms with E-state index in [0.717, 1.165) is 11.1 Å². The fraction of sp³-hybridized carbons (Fsp3) is 0.308. The number of aromatic nitrogens is 3. The van der Waals surface area contributed by atoms with Crippen LogP contribution in [0.4, 0.5) is 11.5 Å². The van der Waals surface area contributed by atoms with Gasteiger partial charge in [-0.2, -0.15) is 9.90 Å². The smallest absolute Gasteiger partial charge is 0.248 e. The minimum Gasteiger partial charge on any atom is -0.497 e. The lowest BCUT2D eigenvalue weighted by molar-refractivity contribution is -0.117. The van der Waals surface area contributed by atoms with E-state index in [9.17, 15) is 13.2 Å². The number of nitrogens with one attached hydrogen (secondary N) is 2. The van der Waals surface area contributed by atoms with Gasteiger partial charge < -0.3 is 14.8 Å². The minimum atomic E-state index is -3.45. The largest absolute Gasteiger partial charge is 0.497 e. The summed E-state index contributed by atoms with van der Waals surface area (Å²) in [6, 6.07) is 4.98. The first-order chi connectivity index (χ1) is 11.3. The molecule has 0 aliphatic carbocycles. The summed E-state index contributed by atoms with van der Waals surface area (Å²) < 4.78 is 34.7. The van der Waals surface area contributed by atoms with Gasteiger partial charge in [0.05, 0.1) is 32.4 Å². The topological polar surface area (TPSA) is 124 Å². The molecule has 2 rings (SSSR count). The van der Waals surface area contributed by atoms with Gasteiger partial charge in [-0.1, -0.05) is 0 Å². The molecule has 0 saturated carbocycles. The molecule has 24 heavy (non-hydrogen) atoms. The van der Waals surface area contributed by atoms with Crippen molar-refractivity contribution >= 4 is 27.4 Å². The number of benzene rings is 1. The summed E-state index contributed by atoms with van der Waals surface area (Å²) in [6.45, 7) is -0.203. The predicted molar refractivity (Wildman–Crippen MR) is 86.7 cm³/mol. The Morgan fingerprint density at radius 1 is 1.29 bits per heavy atom. The SMILES string of the molecule is COc1ccc(OC)c(NC(=O)Cn2ncc(NS(C)(=O)=O)n2)c1. The number of anilines is 2. The Balaban J connectivity index is 2.06. The van der Waals surface area contributed by atoms with Crippen molar-refractivity contribution in [2.24, 2.45) is 0 Å². The molecule has 0 unspecified atom stereocenters. The van der Waals surface area contributed by atoms with Crippen molar-refractivity contribution < 1.29 is 22.7 Å². The number of carbonyl (C=O) groups excluding carboxylic acids is 1. The zero-order valence-electron chi connectivity index (χ0n) is 13.3. The number of hydrogen-bond acceptors (Lipinski definition) is 7. The van der Waals surface area contributed by atoms with Crippen LogP contribution in [0.25, 0.3) is 0 Å². The number of hydrogen-bond donors (Lipinski definition) is 2. The van der Waals surface area contributed by atoms with E-state index in [4.69, 9.17) is 9.47 Å². The van der Waals surface area contributed by atoms with Gasteiger partial charge >= 0.3 is 0 Å². The molecule has 0 aliphatic rings. The fourth-order valence-electron chi connectivity index (χ4n) is 1.84. The number of nitrogens with zero attached hydrogens (tertiary/aromatic N) is 3. The number of carbonyl (C=O) groups is 1. The Labute approximate surface area is 138 Å². The molecule has 0 radical (unpaired) electrons. The molecule has 2 N–H and O–H groups in total. The van der Waals surface area contributed by atoms with Gasteiger partial charge in [0.15, 0.2) is 5.82 Å². The van der Waals surface area contributed by atoms with Crippen LogP contribution in [0.2, 0.25) is 0 Å². The summed E-state index contributed by atoms with van der Waals surface area (Å²) >= 11 is 0. The van der Waals surface area contributed by atoms with Crippen LogP contribution in [-0.4, -0.2) is 49.8 Å². The molecular weight excluding hydrogens is 338 g/mol. The van der Waals surface area contributed by atoms with Crippen molar-refractivity contribution in [1.82, 2.24) is 15.0 Å². The Bertz CT molecular complexity index is 833. The molecule has 1 amide bonds. The number of amides is 1. The average molecular weight is 355 g/mol. The third-order valence-electron chi connectivity index (χ3n) is 2.79. The van der Waals surface area contributed by atoms with Crippen LogP contribution in [0.15, 0.2) is 24.4 Å². The second-order valence-corrected chi connectivity index (χ2v) is 6.50. The van der Waals surface area contributed by atoms with Crippen molar-refractivity contribution in [1.29, 1.82) is 0 Å².